The molecule has 0 saturated heterocycles. The van der Waals surface area contributed by atoms with Crippen LogP contribution in [0, 0.1) is 0 Å². The lowest BCUT2D eigenvalue weighted by Gasteiger charge is -2.05. The molecule has 0 aliphatic carbocycles. The van der Waals surface area contributed by atoms with Gasteiger partial charge in [0.25, 0.3) is 0 Å². The van der Waals surface area contributed by atoms with Crippen LogP contribution in [-0.2, 0) is 9.53 Å². The molecule has 0 rings (SSSR count). The van der Waals surface area contributed by atoms with E-state index in [1.54, 1.807) is 6.92 Å². The average molecular weight is 157 g/mol. The number of likely N-dealkylation sites (N-methyl/N-ethyl adjacent to an activating group) is 1. The Morgan fingerprint density at radius 1 is 1.55 bits per heavy atom. The summed E-state index contributed by atoms with van der Waals surface area (Å²) >= 11 is 0. The number of methoxy groups -OCH3 is 1. The van der Waals surface area contributed by atoms with Gasteiger partial charge in [-0.3, -0.25) is 0 Å². The fraction of sp³-hybridized carbons (Fsp3) is 0.625. The van der Waals surface area contributed by atoms with E-state index in [1.807, 2.05) is 25.1 Å². The number of ether oxygens (including phenoxy) is 1. The molecule has 0 atom stereocenters. The van der Waals surface area contributed by atoms with Crippen molar-refractivity contribution in [2.45, 2.75) is 6.92 Å². The van der Waals surface area contributed by atoms with Gasteiger partial charge < -0.3 is 9.64 Å². The highest BCUT2D eigenvalue weighted by Gasteiger charge is 2.01. The SMILES string of the molecule is COC(=O)/C(C)=C/CN(C)C. The lowest BCUT2D eigenvalue weighted by atomic mass is 10.3. The first-order valence-electron chi connectivity index (χ1n) is 3.47. The summed E-state index contributed by atoms with van der Waals surface area (Å²) in [4.78, 5) is 12.8. The number of hydrogen-bond donors (Lipinski definition) is 0. The Hall–Kier alpha value is -0.830. The molecule has 0 fully saturated rings. The molecule has 0 aromatic rings. The van der Waals surface area contributed by atoms with Gasteiger partial charge in [0.2, 0.25) is 0 Å². The maximum Gasteiger partial charge on any atom is 0.333 e. The van der Waals surface area contributed by atoms with Crippen molar-refractivity contribution >= 4 is 5.97 Å². The van der Waals surface area contributed by atoms with Crippen molar-refractivity contribution in [3.05, 3.63) is 11.6 Å². The zero-order chi connectivity index (χ0) is 8.85. The fourth-order valence-electron chi connectivity index (χ4n) is 0.564. The monoisotopic (exact) mass is 157 g/mol. The standard InChI is InChI=1S/C8H15NO2/c1-7(8(10)11-4)5-6-9(2)3/h5H,6H2,1-4H3/b7-5+. The Morgan fingerprint density at radius 2 is 2.09 bits per heavy atom. The fourth-order valence-corrected chi connectivity index (χ4v) is 0.564. The van der Waals surface area contributed by atoms with Crippen molar-refractivity contribution in [2.75, 3.05) is 27.7 Å². The summed E-state index contributed by atoms with van der Waals surface area (Å²) in [6, 6.07) is 0. The zero-order valence-corrected chi connectivity index (χ0v) is 7.55. The van der Waals surface area contributed by atoms with Crippen LogP contribution in [0.3, 0.4) is 0 Å². The van der Waals surface area contributed by atoms with E-state index in [4.69, 9.17) is 0 Å². The summed E-state index contributed by atoms with van der Waals surface area (Å²) in [5, 5.41) is 0. The minimum absolute atomic E-state index is 0.258. The van der Waals surface area contributed by atoms with Gasteiger partial charge in [0.05, 0.1) is 7.11 Å². The van der Waals surface area contributed by atoms with Gasteiger partial charge in [0.15, 0.2) is 0 Å². The molecule has 64 valence electrons. The van der Waals surface area contributed by atoms with Crippen molar-refractivity contribution in [2.24, 2.45) is 0 Å². The molecule has 0 heterocycles. The number of carbonyl (C=O) groups excluding carboxylic acids is 1. The van der Waals surface area contributed by atoms with Crippen LogP contribution in [0.1, 0.15) is 6.92 Å². The van der Waals surface area contributed by atoms with E-state index in [-0.39, 0.29) is 5.97 Å². The lowest BCUT2D eigenvalue weighted by molar-refractivity contribution is -0.136. The molecule has 11 heavy (non-hydrogen) atoms. The summed E-state index contributed by atoms with van der Waals surface area (Å²) in [5.74, 6) is -0.258. The lowest BCUT2D eigenvalue weighted by Crippen LogP contribution is -2.12. The van der Waals surface area contributed by atoms with Crippen molar-refractivity contribution in [3.8, 4) is 0 Å². The largest absolute Gasteiger partial charge is 0.466 e. The first-order valence-corrected chi connectivity index (χ1v) is 3.47. The molecule has 0 spiro atoms. The predicted octanol–water partition coefficient (Wildman–Crippen LogP) is 0.667. The molecular formula is C8H15NO2. The van der Waals surface area contributed by atoms with Crippen LogP contribution in [0.15, 0.2) is 11.6 Å². The summed E-state index contributed by atoms with van der Waals surface area (Å²) in [7, 11) is 5.28. The van der Waals surface area contributed by atoms with Crippen molar-refractivity contribution in [3.63, 3.8) is 0 Å². The minimum atomic E-state index is -0.258. The minimum Gasteiger partial charge on any atom is -0.466 e. The molecular weight excluding hydrogens is 142 g/mol. The molecule has 0 aromatic carbocycles. The highest BCUT2D eigenvalue weighted by atomic mass is 16.5. The first kappa shape index (κ1) is 10.2. The smallest absolute Gasteiger partial charge is 0.333 e. The van der Waals surface area contributed by atoms with E-state index in [0.29, 0.717) is 5.57 Å². The number of rotatable bonds is 3. The van der Waals surface area contributed by atoms with Gasteiger partial charge in [-0.2, -0.15) is 0 Å². The highest BCUT2D eigenvalue weighted by Crippen LogP contribution is 1.94. The van der Waals surface area contributed by atoms with E-state index < -0.39 is 0 Å². The van der Waals surface area contributed by atoms with E-state index in [1.165, 1.54) is 7.11 Å². The van der Waals surface area contributed by atoms with Crippen molar-refractivity contribution < 1.29 is 9.53 Å². The molecule has 0 saturated carbocycles. The van der Waals surface area contributed by atoms with E-state index in [0.717, 1.165) is 6.54 Å². The van der Waals surface area contributed by atoms with Gasteiger partial charge in [0, 0.05) is 12.1 Å². The second-order valence-electron chi connectivity index (χ2n) is 2.64. The Bertz CT molecular complexity index is 161. The topological polar surface area (TPSA) is 29.5 Å². The quantitative estimate of drug-likeness (QED) is 0.445. The maximum atomic E-state index is 10.8. The molecule has 0 aromatic heterocycles. The van der Waals surface area contributed by atoms with Crippen molar-refractivity contribution in [1.82, 2.24) is 4.90 Å². The summed E-state index contributed by atoms with van der Waals surface area (Å²) in [6.45, 7) is 2.51. The Morgan fingerprint density at radius 3 is 2.45 bits per heavy atom. The van der Waals surface area contributed by atoms with Crippen LogP contribution in [-0.4, -0.2) is 38.6 Å². The van der Waals surface area contributed by atoms with Crippen LogP contribution in [0.5, 0.6) is 0 Å². The molecule has 0 amide bonds. The molecule has 0 N–H and O–H groups in total. The molecule has 0 aliphatic heterocycles. The van der Waals surface area contributed by atoms with Gasteiger partial charge in [0.1, 0.15) is 0 Å². The van der Waals surface area contributed by atoms with Crippen molar-refractivity contribution in [1.29, 1.82) is 0 Å². The van der Waals surface area contributed by atoms with Crippen LogP contribution in [0.4, 0.5) is 0 Å². The van der Waals surface area contributed by atoms with Gasteiger partial charge in [-0.1, -0.05) is 6.08 Å². The Kier molecular flexibility index (Phi) is 4.54. The summed E-state index contributed by atoms with van der Waals surface area (Å²) in [6.07, 6.45) is 1.84. The zero-order valence-electron chi connectivity index (χ0n) is 7.55. The maximum absolute atomic E-state index is 10.8. The van der Waals surface area contributed by atoms with Gasteiger partial charge >= 0.3 is 5.97 Å². The third-order valence-electron chi connectivity index (χ3n) is 1.27. The average Bonchev–Trinajstić information content (AvgIpc) is 1.98. The number of hydrogen-bond acceptors (Lipinski definition) is 3. The summed E-state index contributed by atoms with van der Waals surface area (Å²) in [5.41, 5.74) is 0.654. The van der Waals surface area contributed by atoms with E-state index in [9.17, 15) is 4.79 Å². The molecule has 0 radical (unpaired) electrons. The second-order valence-corrected chi connectivity index (χ2v) is 2.64. The Labute approximate surface area is 67.6 Å². The molecule has 0 aliphatic rings. The molecule has 0 bridgehead atoms. The third kappa shape index (κ3) is 4.56. The van der Waals surface area contributed by atoms with Gasteiger partial charge in [-0.25, -0.2) is 4.79 Å². The van der Waals surface area contributed by atoms with E-state index in [2.05, 4.69) is 4.74 Å². The number of esters is 1. The predicted molar refractivity (Wildman–Crippen MR) is 44.3 cm³/mol. The molecule has 0 unspecified atom stereocenters. The normalized spacial score (nSPS) is 11.9. The van der Waals surface area contributed by atoms with Gasteiger partial charge in [-0.15, -0.1) is 0 Å². The number of nitrogens with zero attached hydrogens (tertiary/aromatic N) is 1. The first-order chi connectivity index (χ1) is 5.07. The molecule has 3 nitrogen and oxygen atoms in total. The molecule has 3 heteroatoms. The third-order valence-corrected chi connectivity index (χ3v) is 1.27. The highest BCUT2D eigenvalue weighted by molar-refractivity contribution is 5.87. The summed E-state index contributed by atoms with van der Waals surface area (Å²) < 4.78 is 4.52. The van der Waals surface area contributed by atoms with Crippen LogP contribution >= 0.6 is 0 Å². The van der Waals surface area contributed by atoms with Crippen LogP contribution in [0.2, 0.25) is 0 Å². The van der Waals surface area contributed by atoms with Crippen LogP contribution in [0.25, 0.3) is 0 Å². The van der Waals surface area contributed by atoms with Gasteiger partial charge in [-0.05, 0) is 21.0 Å². The van der Waals surface area contributed by atoms with E-state index >= 15 is 0 Å². The second kappa shape index (κ2) is 4.91. The number of carbonyl (C=O) groups is 1. The Balaban J connectivity index is 3.90. The van der Waals surface area contributed by atoms with Crippen LogP contribution < -0.4 is 0 Å².